The zero-order valence-corrected chi connectivity index (χ0v) is 23.8. The molecule has 1 heterocycles. The molecular weight excluding hydrogens is 589 g/mol. The van der Waals surface area contributed by atoms with Crippen LogP contribution in [0.25, 0.3) is 0 Å². The number of carbonyl (C=O) groups excluding carboxylic acids is 1. The zero-order valence-electron chi connectivity index (χ0n) is 20.7. The Hall–Kier alpha value is -2.87. The Morgan fingerprint density at radius 3 is 2.31 bits per heavy atom. The van der Waals surface area contributed by atoms with Gasteiger partial charge in [0.25, 0.3) is 15.9 Å². The molecule has 10 nitrogen and oxygen atoms in total. The molecule has 14 heteroatoms. The van der Waals surface area contributed by atoms with Crippen molar-refractivity contribution in [3.63, 3.8) is 0 Å². The maximum absolute atomic E-state index is 13.1. The third-order valence-electron chi connectivity index (χ3n) is 5.67. The number of sulfonamides is 2. The van der Waals surface area contributed by atoms with Gasteiger partial charge < -0.3 is 14.8 Å². The summed E-state index contributed by atoms with van der Waals surface area (Å²) in [5, 5.41) is 2.30. The smallest absolute Gasteiger partial charge is 0.263 e. The standard InChI is InChI=1S/C25H25Cl2N3O7S2/c1-2-37-19-8-6-17(7-9-19)29-38(32,33)24-15-21(22(26)16-23(24)27)25(31)28-18-4-3-5-20(14-18)39(34,35)30-10-12-36-13-11-30/h3-9,14-16,29H,2,10-13H2,1H3,(H,28,31). The number of morpholine rings is 1. The highest BCUT2D eigenvalue weighted by Crippen LogP contribution is 2.31. The van der Waals surface area contributed by atoms with Crippen molar-refractivity contribution in [3.05, 3.63) is 76.3 Å². The fourth-order valence-corrected chi connectivity index (χ4v) is 7.15. The first-order valence-corrected chi connectivity index (χ1v) is 15.4. The van der Waals surface area contributed by atoms with Gasteiger partial charge >= 0.3 is 0 Å². The predicted octanol–water partition coefficient (Wildman–Crippen LogP) is 4.47. The van der Waals surface area contributed by atoms with Gasteiger partial charge in [0.2, 0.25) is 10.0 Å². The number of ether oxygens (including phenoxy) is 2. The Morgan fingerprint density at radius 2 is 1.64 bits per heavy atom. The predicted molar refractivity (Wildman–Crippen MR) is 149 cm³/mol. The first-order valence-electron chi connectivity index (χ1n) is 11.8. The first kappa shape index (κ1) is 29.1. The molecule has 208 valence electrons. The second kappa shape index (κ2) is 12.1. The van der Waals surface area contributed by atoms with Crippen molar-refractivity contribution in [2.24, 2.45) is 0 Å². The minimum atomic E-state index is -4.21. The number of carbonyl (C=O) groups is 1. The molecule has 1 aliphatic heterocycles. The van der Waals surface area contributed by atoms with E-state index in [1.54, 1.807) is 12.1 Å². The van der Waals surface area contributed by atoms with Gasteiger partial charge in [-0.25, -0.2) is 16.8 Å². The number of anilines is 2. The van der Waals surface area contributed by atoms with E-state index in [9.17, 15) is 21.6 Å². The van der Waals surface area contributed by atoms with Crippen LogP contribution >= 0.6 is 23.2 Å². The van der Waals surface area contributed by atoms with Gasteiger partial charge in [0, 0.05) is 24.5 Å². The van der Waals surface area contributed by atoms with Crippen molar-refractivity contribution in [2.75, 3.05) is 42.9 Å². The highest BCUT2D eigenvalue weighted by molar-refractivity contribution is 7.92. The highest BCUT2D eigenvalue weighted by atomic mass is 35.5. The summed E-state index contributed by atoms with van der Waals surface area (Å²) in [6.45, 7) is 3.33. The van der Waals surface area contributed by atoms with Gasteiger partial charge in [0.15, 0.2) is 0 Å². The average molecular weight is 615 g/mol. The van der Waals surface area contributed by atoms with E-state index in [2.05, 4.69) is 10.0 Å². The van der Waals surface area contributed by atoms with Crippen LogP contribution in [0.5, 0.6) is 5.75 Å². The van der Waals surface area contributed by atoms with Crippen molar-refractivity contribution in [1.29, 1.82) is 0 Å². The number of halogens is 2. The second-order valence-corrected chi connectivity index (χ2v) is 12.7. The lowest BCUT2D eigenvalue weighted by Crippen LogP contribution is -2.40. The summed E-state index contributed by atoms with van der Waals surface area (Å²) < 4.78 is 66.5. The molecule has 0 spiro atoms. The molecule has 0 radical (unpaired) electrons. The van der Waals surface area contributed by atoms with Gasteiger partial charge in [-0.05, 0) is 61.5 Å². The maximum atomic E-state index is 13.1. The Balaban J connectivity index is 1.57. The lowest BCUT2D eigenvalue weighted by Gasteiger charge is -2.26. The Labute approximate surface area is 236 Å². The minimum Gasteiger partial charge on any atom is -0.494 e. The Bertz CT molecular complexity index is 1580. The molecule has 0 aromatic heterocycles. The monoisotopic (exact) mass is 613 g/mol. The third kappa shape index (κ3) is 6.83. The Kier molecular flexibility index (Phi) is 9.04. The number of hydrogen-bond acceptors (Lipinski definition) is 7. The van der Waals surface area contributed by atoms with E-state index < -0.39 is 26.0 Å². The van der Waals surface area contributed by atoms with Crippen molar-refractivity contribution >= 4 is 60.5 Å². The largest absolute Gasteiger partial charge is 0.494 e. The van der Waals surface area contributed by atoms with Gasteiger partial charge in [-0.2, -0.15) is 4.31 Å². The summed E-state index contributed by atoms with van der Waals surface area (Å²) in [4.78, 5) is 12.7. The quantitative estimate of drug-likeness (QED) is 0.364. The topological polar surface area (TPSA) is 131 Å². The summed E-state index contributed by atoms with van der Waals surface area (Å²) in [6, 6.07) is 14.2. The van der Waals surface area contributed by atoms with Crippen LogP contribution in [0.2, 0.25) is 10.0 Å². The number of nitrogens with zero attached hydrogens (tertiary/aromatic N) is 1. The number of rotatable bonds is 9. The third-order valence-corrected chi connectivity index (χ3v) is 9.73. The average Bonchev–Trinajstić information content (AvgIpc) is 2.90. The summed E-state index contributed by atoms with van der Waals surface area (Å²) in [5.74, 6) is -0.180. The van der Waals surface area contributed by atoms with Gasteiger partial charge in [-0.15, -0.1) is 0 Å². The number of hydrogen-bond donors (Lipinski definition) is 2. The first-order chi connectivity index (χ1) is 18.5. The summed E-state index contributed by atoms with van der Waals surface area (Å²) in [6.07, 6.45) is 0. The molecule has 1 fully saturated rings. The molecule has 4 rings (SSSR count). The van der Waals surface area contributed by atoms with Gasteiger partial charge in [0.05, 0.1) is 40.3 Å². The van der Waals surface area contributed by atoms with Crippen molar-refractivity contribution in [3.8, 4) is 5.75 Å². The van der Waals surface area contributed by atoms with E-state index in [1.165, 1.54) is 40.7 Å². The molecule has 0 atom stereocenters. The summed E-state index contributed by atoms with van der Waals surface area (Å²) in [7, 11) is -8.01. The molecule has 0 saturated carbocycles. The molecule has 1 aliphatic rings. The SMILES string of the molecule is CCOc1ccc(NS(=O)(=O)c2cc(C(=O)Nc3cccc(S(=O)(=O)N4CCOCC4)c3)c(Cl)cc2Cl)cc1. The fourth-order valence-electron chi connectivity index (χ4n) is 3.77. The molecule has 1 amide bonds. The minimum absolute atomic E-state index is 0.00720. The van der Waals surface area contributed by atoms with Crippen molar-refractivity contribution in [1.82, 2.24) is 4.31 Å². The molecule has 0 unspecified atom stereocenters. The molecule has 0 aliphatic carbocycles. The molecule has 1 saturated heterocycles. The second-order valence-electron chi connectivity index (χ2n) is 8.32. The van der Waals surface area contributed by atoms with E-state index in [0.717, 1.165) is 12.1 Å². The van der Waals surface area contributed by atoms with Crippen LogP contribution in [0.1, 0.15) is 17.3 Å². The molecule has 0 bridgehead atoms. The van der Waals surface area contributed by atoms with Crippen LogP contribution in [0, 0.1) is 0 Å². The normalized spacial score (nSPS) is 14.5. The molecule has 3 aromatic rings. The number of amides is 1. The van der Waals surface area contributed by atoms with Crippen molar-refractivity contribution in [2.45, 2.75) is 16.7 Å². The molecule has 39 heavy (non-hydrogen) atoms. The lowest BCUT2D eigenvalue weighted by molar-refractivity contribution is 0.0730. The van der Waals surface area contributed by atoms with Crippen LogP contribution in [0.4, 0.5) is 11.4 Å². The van der Waals surface area contributed by atoms with Crippen LogP contribution in [0.15, 0.2) is 70.5 Å². The van der Waals surface area contributed by atoms with E-state index >= 15 is 0 Å². The van der Waals surface area contributed by atoms with E-state index in [4.69, 9.17) is 32.7 Å². The molecule has 2 N–H and O–H groups in total. The number of nitrogens with one attached hydrogen (secondary N) is 2. The van der Waals surface area contributed by atoms with Gasteiger partial charge in [0.1, 0.15) is 10.6 Å². The van der Waals surface area contributed by atoms with Crippen molar-refractivity contribution < 1.29 is 31.1 Å². The highest BCUT2D eigenvalue weighted by Gasteiger charge is 2.27. The summed E-state index contributed by atoms with van der Waals surface area (Å²) in [5.41, 5.74) is 0.264. The van der Waals surface area contributed by atoms with Crippen LogP contribution in [-0.2, 0) is 24.8 Å². The van der Waals surface area contributed by atoms with E-state index in [1.807, 2.05) is 6.92 Å². The van der Waals surface area contributed by atoms with Gasteiger partial charge in [-0.3, -0.25) is 9.52 Å². The van der Waals surface area contributed by atoms with E-state index in [-0.39, 0.29) is 49.9 Å². The molecule has 3 aromatic carbocycles. The van der Waals surface area contributed by atoms with Gasteiger partial charge in [-0.1, -0.05) is 29.3 Å². The summed E-state index contributed by atoms with van der Waals surface area (Å²) >= 11 is 12.4. The molecular formula is C25H25Cl2N3O7S2. The number of benzene rings is 3. The zero-order chi connectivity index (χ0) is 28.2. The van der Waals surface area contributed by atoms with Crippen LogP contribution in [0.3, 0.4) is 0 Å². The lowest BCUT2D eigenvalue weighted by atomic mass is 10.2. The van der Waals surface area contributed by atoms with Crippen LogP contribution in [-0.4, -0.2) is 60.0 Å². The fraction of sp³-hybridized carbons (Fsp3) is 0.240. The Morgan fingerprint density at radius 1 is 0.949 bits per heavy atom. The maximum Gasteiger partial charge on any atom is 0.263 e. The van der Waals surface area contributed by atoms with E-state index in [0.29, 0.717) is 25.6 Å². The van der Waals surface area contributed by atoms with Crippen LogP contribution < -0.4 is 14.8 Å².